The third-order valence-corrected chi connectivity index (χ3v) is 3.92. The van der Waals surface area contributed by atoms with E-state index in [0.717, 1.165) is 16.3 Å². The number of hydrogen-bond donors (Lipinski definition) is 4. The summed E-state index contributed by atoms with van der Waals surface area (Å²) in [5.74, 6) is -3.53. The maximum atomic E-state index is 12.1. The predicted molar refractivity (Wildman–Crippen MR) is 91.0 cm³/mol. The first kappa shape index (κ1) is 18.4. The number of amides is 2. The summed E-state index contributed by atoms with van der Waals surface area (Å²) in [7, 11) is 0. The van der Waals surface area contributed by atoms with Gasteiger partial charge in [-0.3, -0.25) is 19.6 Å². The average molecular weight is 344 g/mol. The third-order valence-electron chi connectivity index (χ3n) is 3.92. The Morgan fingerprint density at radius 3 is 2.44 bits per heavy atom. The Hall–Kier alpha value is -2.93. The number of carbonyl (C=O) groups is 3. The van der Waals surface area contributed by atoms with Crippen molar-refractivity contribution in [3.8, 4) is 0 Å². The molecule has 2 aromatic rings. The highest BCUT2D eigenvalue weighted by Crippen LogP contribution is 2.18. The van der Waals surface area contributed by atoms with Crippen LogP contribution in [-0.2, 0) is 20.8 Å². The van der Waals surface area contributed by atoms with Crippen LogP contribution in [0.25, 0.3) is 10.8 Å². The van der Waals surface area contributed by atoms with Crippen LogP contribution in [0.15, 0.2) is 42.5 Å². The molecule has 0 aliphatic heterocycles. The molecule has 0 aliphatic rings. The van der Waals surface area contributed by atoms with E-state index in [9.17, 15) is 14.4 Å². The van der Waals surface area contributed by atoms with Crippen molar-refractivity contribution in [2.75, 3.05) is 6.54 Å². The molecule has 2 amide bonds. The van der Waals surface area contributed by atoms with Crippen molar-refractivity contribution in [1.82, 2.24) is 10.8 Å². The second-order valence-electron chi connectivity index (χ2n) is 5.71. The van der Waals surface area contributed by atoms with Gasteiger partial charge in [0.1, 0.15) is 0 Å². The van der Waals surface area contributed by atoms with E-state index >= 15 is 0 Å². The number of hydroxylamine groups is 1. The average Bonchev–Trinajstić information content (AvgIpc) is 2.60. The summed E-state index contributed by atoms with van der Waals surface area (Å²) in [6, 6.07) is 13.8. The molecule has 0 fully saturated rings. The normalized spacial score (nSPS) is 11.7. The molecule has 4 N–H and O–H groups in total. The van der Waals surface area contributed by atoms with Crippen molar-refractivity contribution >= 4 is 28.6 Å². The Bertz CT molecular complexity index is 770. The highest BCUT2D eigenvalue weighted by Gasteiger charge is 2.24. The summed E-state index contributed by atoms with van der Waals surface area (Å²) in [5, 5.41) is 22.3. The van der Waals surface area contributed by atoms with Gasteiger partial charge in [0.25, 0.3) is 0 Å². The smallest absolute Gasteiger partial charge is 0.304 e. The summed E-state index contributed by atoms with van der Waals surface area (Å²) in [6.07, 6.45) is -0.282. The Labute approximate surface area is 144 Å². The first-order valence-corrected chi connectivity index (χ1v) is 7.90. The second kappa shape index (κ2) is 8.79. The van der Waals surface area contributed by atoms with Crippen LogP contribution in [0.3, 0.4) is 0 Å². The van der Waals surface area contributed by atoms with Crippen molar-refractivity contribution in [1.29, 1.82) is 0 Å². The first-order valence-electron chi connectivity index (χ1n) is 7.90. The van der Waals surface area contributed by atoms with Crippen LogP contribution >= 0.6 is 0 Å². The van der Waals surface area contributed by atoms with Gasteiger partial charge >= 0.3 is 5.97 Å². The summed E-state index contributed by atoms with van der Waals surface area (Å²) >= 11 is 0. The molecule has 1 atom stereocenters. The second-order valence-corrected chi connectivity index (χ2v) is 5.71. The highest BCUT2D eigenvalue weighted by atomic mass is 16.5. The molecule has 0 saturated carbocycles. The van der Waals surface area contributed by atoms with Gasteiger partial charge in [-0.1, -0.05) is 42.5 Å². The van der Waals surface area contributed by atoms with Gasteiger partial charge in [-0.05, 0) is 22.8 Å². The van der Waals surface area contributed by atoms with Gasteiger partial charge in [0.05, 0.1) is 12.3 Å². The van der Waals surface area contributed by atoms with Gasteiger partial charge in [0.15, 0.2) is 0 Å². The van der Waals surface area contributed by atoms with Gasteiger partial charge in [0, 0.05) is 13.0 Å². The van der Waals surface area contributed by atoms with Crippen LogP contribution in [0.2, 0.25) is 0 Å². The third kappa shape index (κ3) is 5.29. The quantitative estimate of drug-likeness (QED) is 0.428. The highest BCUT2D eigenvalue weighted by molar-refractivity contribution is 5.88. The number of rotatable bonds is 8. The van der Waals surface area contributed by atoms with Gasteiger partial charge in [-0.2, -0.15) is 0 Å². The van der Waals surface area contributed by atoms with E-state index in [2.05, 4.69) is 5.32 Å². The van der Waals surface area contributed by atoms with Crippen LogP contribution in [-0.4, -0.2) is 34.6 Å². The topological polar surface area (TPSA) is 116 Å². The lowest BCUT2D eigenvalue weighted by atomic mass is 9.99. The van der Waals surface area contributed by atoms with E-state index in [0.29, 0.717) is 13.0 Å². The summed E-state index contributed by atoms with van der Waals surface area (Å²) < 4.78 is 0. The lowest BCUT2D eigenvalue weighted by Gasteiger charge is -2.14. The van der Waals surface area contributed by atoms with Crippen LogP contribution < -0.4 is 10.8 Å². The van der Waals surface area contributed by atoms with Gasteiger partial charge in [0.2, 0.25) is 11.8 Å². The molecule has 0 aromatic heterocycles. The van der Waals surface area contributed by atoms with Crippen molar-refractivity contribution in [3.05, 3.63) is 48.0 Å². The minimum atomic E-state index is -1.18. The molecule has 2 aromatic carbocycles. The van der Waals surface area contributed by atoms with Crippen LogP contribution in [0.1, 0.15) is 18.4 Å². The molecule has 7 nitrogen and oxygen atoms in total. The standard InChI is InChI=1S/C18H20N2O5/c21-16(20-25)10-14(11-17(22)23)18(24)19-9-8-13-6-3-5-12-4-1-2-7-15(12)13/h1-7,14,25H,8-11H2,(H,19,24)(H,20,21)(H,22,23). The summed E-state index contributed by atoms with van der Waals surface area (Å²) in [6.45, 7) is 0.323. The minimum absolute atomic E-state index is 0.323. The molecule has 2 rings (SSSR count). The lowest BCUT2D eigenvalue weighted by molar-refractivity contribution is -0.142. The number of carboxylic acid groups (broad SMARTS) is 1. The Morgan fingerprint density at radius 2 is 1.72 bits per heavy atom. The fourth-order valence-electron chi connectivity index (χ4n) is 2.71. The molecular formula is C18H20N2O5. The van der Waals surface area contributed by atoms with E-state index in [4.69, 9.17) is 10.3 Å². The van der Waals surface area contributed by atoms with Crippen molar-refractivity contribution < 1.29 is 24.7 Å². The maximum absolute atomic E-state index is 12.1. The van der Waals surface area contributed by atoms with E-state index in [1.807, 2.05) is 42.5 Å². The largest absolute Gasteiger partial charge is 0.481 e. The molecule has 132 valence electrons. The molecule has 0 heterocycles. The molecule has 0 spiro atoms. The van der Waals surface area contributed by atoms with Gasteiger partial charge < -0.3 is 10.4 Å². The van der Waals surface area contributed by atoms with Crippen molar-refractivity contribution in [2.45, 2.75) is 19.3 Å². The predicted octanol–water partition coefficient (Wildman–Crippen LogP) is 1.48. The Balaban J connectivity index is 1.97. The van der Waals surface area contributed by atoms with E-state index in [-0.39, 0.29) is 6.42 Å². The monoisotopic (exact) mass is 344 g/mol. The lowest BCUT2D eigenvalue weighted by Crippen LogP contribution is -2.36. The van der Waals surface area contributed by atoms with Crippen LogP contribution in [0.5, 0.6) is 0 Å². The van der Waals surface area contributed by atoms with Crippen LogP contribution in [0.4, 0.5) is 0 Å². The summed E-state index contributed by atoms with van der Waals surface area (Å²) in [4.78, 5) is 34.2. The molecule has 0 radical (unpaired) electrons. The van der Waals surface area contributed by atoms with Crippen LogP contribution in [0, 0.1) is 5.92 Å². The number of carboxylic acids is 1. The molecule has 1 unspecified atom stereocenters. The number of nitrogens with one attached hydrogen (secondary N) is 2. The molecule has 0 saturated heterocycles. The van der Waals surface area contributed by atoms with Crippen molar-refractivity contribution in [2.24, 2.45) is 5.92 Å². The Kier molecular flexibility index (Phi) is 6.47. The summed E-state index contributed by atoms with van der Waals surface area (Å²) in [5.41, 5.74) is 2.48. The molecule has 0 bridgehead atoms. The SMILES string of the molecule is O=C(O)CC(CC(=O)NO)C(=O)NCCc1cccc2ccccc12. The number of carbonyl (C=O) groups excluding carboxylic acids is 2. The molecular weight excluding hydrogens is 324 g/mol. The molecule has 7 heteroatoms. The number of hydrogen-bond acceptors (Lipinski definition) is 4. The van der Waals surface area contributed by atoms with Gasteiger partial charge in [-0.25, -0.2) is 5.48 Å². The zero-order chi connectivity index (χ0) is 18.2. The number of aliphatic carboxylic acids is 1. The molecule has 25 heavy (non-hydrogen) atoms. The fourth-order valence-corrected chi connectivity index (χ4v) is 2.71. The minimum Gasteiger partial charge on any atom is -0.481 e. The maximum Gasteiger partial charge on any atom is 0.304 e. The van der Waals surface area contributed by atoms with E-state index in [1.165, 1.54) is 5.48 Å². The number of benzene rings is 2. The zero-order valence-corrected chi connectivity index (χ0v) is 13.6. The number of fused-ring (bicyclic) bond motifs is 1. The van der Waals surface area contributed by atoms with E-state index in [1.54, 1.807) is 0 Å². The fraction of sp³-hybridized carbons (Fsp3) is 0.278. The van der Waals surface area contributed by atoms with E-state index < -0.39 is 30.1 Å². The van der Waals surface area contributed by atoms with Crippen molar-refractivity contribution in [3.63, 3.8) is 0 Å². The molecule has 0 aliphatic carbocycles. The van der Waals surface area contributed by atoms with Gasteiger partial charge in [-0.15, -0.1) is 0 Å². The Morgan fingerprint density at radius 1 is 1.00 bits per heavy atom. The first-order chi connectivity index (χ1) is 12.0. The zero-order valence-electron chi connectivity index (χ0n) is 13.6.